The molecule has 0 bridgehead atoms. The van der Waals surface area contributed by atoms with Gasteiger partial charge in [-0.15, -0.1) is 11.3 Å². The molecule has 1 unspecified atom stereocenters. The third kappa shape index (κ3) is 4.02. The Kier molecular flexibility index (Phi) is 5.24. The summed E-state index contributed by atoms with van der Waals surface area (Å²) < 4.78 is 26.9. The number of urea groups is 1. The highest BCUT2D eigenvalue weighted by Gasteiger charge is 2.17. The van der Waals surface area contributed by atoms with Gasteiger partial charge < -0.3 is 10.6 Å². The smallest absolute Gasteiger partial charge is 0.319 e. The van der Waals surface area contributed by atoms with Crippen LogP contribution in [0.1, 0.15) is 27.5 Å². The van der Waals surface area contributed by atoms with Crippen LogP contribution in [0.5, 0.6) is 0 Å². The highest BCUT2D eigenvalue weighted by molar-refractivity contribution is 7.14. The highest BCUT2D eigenvalue weighted by atomic mass is 32.1. The van der Waals surface area contributed by atoms with Gasteiger partial charge in [0.05, 0.1) is 10.9 Å². The summed E-state index contributed by atoms with van der Waals surface area (Å²) in [6.07, 6.45) is 0. The van der Waals surface area contributed by atoms with E-state index in [9.17, 15) is 18.4 Å². The monoisotopic (exact) mass is 341 g/mol. The first kappa shape index (κ1) is 16.8. The van der Waals surface area contributed by atoms with E-state index in [2.05, 4.69) is 10.6 Å². The number of hydrogen-bond donors (Lipinski definition) is 4. The Bertz CT molecular complexity index is 716. The normalized spacial score (nSPS) is 11.7. The number of carbonyl (C=O) groups excluding carboxylic acids is 2. The fraction of sp³-hybridized carbons (Fsp3) is 0.143. The molecule has 9 heteroatoms. The molecule has 1 aromatic carbocycles. The van der Waals surface area contributed by atoms with Crippen LogP contribution in [0.2, 0.25) is 0 Å². The first-order valence-corrected chi connectivity index (χ1v) is 7.29. The number of carbonyl (C=O) groups is 2. The average molecular weight is 341 g/mol. The van der Waals surface area contributed by atoms with Crippen LogP contribution in [0.15, 0.2) is 30.3 Å². The van der Waals surface area contributed by atoms with Crippen molar-refractivity contribution in [3.63, 3.8) is 0 Å². The molecule has 0 aliphatic carbocycles. The lowest BCUT2D eigenvalue weighted by Crippen LogP contribution is -2.31. The number of rotatable bonds is 4. The van der Waals surface area contributed by atoms with Crippen molar-refractivity contribution in [3.8, 4) is 0 Å². The molecule has 0 aliphatic rings. The minimum absolute atomic E-state index is 0.261. The lowest BCUT2D eigenvalue weighted by Gasteiger charge is -2.14. The van der Waals surface area contributed by atoms with Crippen LogP contribution in [-0.4, -0.2) is 17.1 Å². The summed E-state index contributed by atoms with van der Waals surface area (Å²) in [5.74, 6) is -2.43. The van der Waals surface area contributed by atoms with Gasteiger partial charge in [-0.05, 0) is 31.2 Å². The van der Waals surface area contributed by atoms with Gasteiger partial charge in [-0.3, -0.25) is 10.0 Å². The second kappa shape index (κ2) is 7.16. The maximum atomic E-state index is 13.5. The maximum absolute atomic E-state index is 13.5. The highest BCUT2D eigenvalue weighted by Crippen LogP contribution is 2.23. The fourth-order valence-corrected chi connectivity index (χ4v) is 2.70. The minimum atomic E-state index is -0.883. The van der Waals surface area contributed by atoms with Gasteiger partial charge >= 0.3 is 6.03 Å². The summed E-state index contributed by atoms with van der Waals surface area (Å²) >= 11 is 1.07. The predicted octanol–water partition coefficient (Wildman–Crippen LogP) is 3.03. The molecule has 6 nitrogen and oxygen atoms in total. The molecule has 0 spiro atoms. The van der Waals surface area contributed by atoms with Crippen LogP contribution >= 0.6 is 11.3 Å². The summed E-state index contributed by atoms with van der Waals surface area (Å²) in [6, 6.07) is 5.04. The number of benzene rings is 1. The van der Waals surface area contributed by atoms with Gasteiger partial charge in [0.25, 0.3) is 5.91 Å². The lowest BCUT2D eigenvalue weighted by molar-refractivity contribution is 0.0711. The van der Waals surface area contributed by atoms with Crippen LogP contribution in [0.25, 0.3) is 0 Å². The van der Waals surface area contributed by atoms with Crippen molar-refractivity contribution >= 4 is 29.0 Å². The standard InChI is InChI=1S/C14H13F2N3O3S/c1-7(10-5-6-11(23-10)13(20)19-22)17-14(21)18-12-8(15)3-2-4-9(12)16/h2-7,22H,1H3,(H,19,20)(H2,17,18,21). The second-order valence-electron chi connectivity index (χ2n) is 4.56. The number of nitrogens with one attached hydrogen (secondary N) is 3. The molecular formula is C14H13F2N3O3S. The zero-order valence-electron chi connectivity index (χ0n) is 11.9. The Labute approximate surface area is 134 Å². The molecule has 0 saturated carbocycles. The lowest BCUT2D eigenvalue weighted by atomic mass is 10.2. The van der Waals surface area contributed by atoms with Crippen molar-refractivity contribution in [3.05, 3.63) is 51.7 Å². The summed E-state index contributed by atoms with van der Waals surface area (Å²) in [6.45, 7) is 1.64. The fourth-order valence-electron chi connectivity index (χ4n) is 1.80. The average Bonchev–Trinajstić information content (AvgIpc) is 3.00. The molecule has 1 aromatic heterocycles. The summed E-state index contributed by atoms with van der Waals surface area (Å²) in [5, 5.41) is 13.2. The van der Waals surface area contributed by atoms with E-state index in [0.717, 1.165) is 23.5 Å². The van der Waals surface area contributed by atoms with Gasteiger partial charge in [0.1, 0.15) is 17.3 Å². The van der Waals surface area contributed by atoms with Crippen molar-refractivity contribution in [2.75, 3.05) is 5.32 Å². The number of anilines is 1. The SMILES string of the molecule is CC(NC(=O)Nc1c(F)cccc1F)c1ccc(C(=O)NO)s1. The third-order valence-electron chi connectivity index (χ3n) is 2.93. The van der Waals surface area contributed by atoms with Crippen molar-refractivity contribution in [2.45, 2.75) is 13.0 Å². The largest absolute Gasteiger partial charge is 0.331 e. The number of amides is 3. The summed E-state index contributed by atoms with van der Waals surface area (Å²) in [5.41, 5.74) is 0.970. The molecule has 4 N–H and O–H groups in total. The molecular weight excluding hydrogens is 328 g/mol. The van der Waals surface area contributed by atoms with Gasteiger partial charge in [-0.1, -0.05) is 6.07 Å². The summed E-state index contributed by atoms with van der Waals surface area (Å²) in [7, 11) is 0. The van der Waals surface area contributed by atoms with Crippen LogP contribution in [0.4, 0.5) is 19.3 Å². The van der Waals surface area contributed by atoms with Crippen molar-refractivity contribution in [2.24, 2.45) is 0 Å². The first-order valence-electron chi connectivity index (χ1n) is 6.48. The predicted molar refractivity (Wildman–Crippen MR) is 80.5 cm³/mol. The van der Waals surface area contributed by atoms with E-state index in [1.54, 1.807) is 13.0 Å². The van der Waals surface area contributed by atoms with Crippen molar-refractivity contribution < 1.29 is 23.6 Å². The van der Waals surface area contributed by atoms with Crippen LogP contribution in [-0.2, 0) is 0 Å². The Balaban J connectivity index is 2.02. The van der Waals surface area contributed by atoms with Gasteiger partial charge in [0.15, 0.2) is 0 Å². The number of hydroxylamine groups is 1. The Morgan fingerprint density at radius 1 is 1.17 bits per heavy atom. The summed E-state index contributed by atoms with van der Waals surface area (Å²) in [4.78, 5) is 24.0. The van der Waals surface area contributed by atoms with Crippen molar-refractivity contribution in [1.82, 2.24) is 10.8 Å². The maximum Gasteiger partial charge on any atom is 0.319 e. The van der Waals surface area contributed by atoms with E-state index in [4.69, 9.17) is 5.21 Å². The van der Waals surface area contributed by atoms with Crippen LogP contribution < -0.4 is 16.1 Å². The molecule has 2 rings (SSSR count). The molecule has 0 aliphatic heterocycles. The van der Waals surface area contributed by atoms with Gasteiger partial charge in [0, 0.05) is 4.88 Å². The van der Waals surface area contributed by atoms with Gasteiger partial charge in [-0.2, -0.15) is 0 Å². The minimum Gasteiger partial charge on any atom is -0.331 e. The number of hydrogen-bond acceptors (Lipinski definition) is 4. The number of halogens is 2. The zero-order valence-corrected chi connectivity index (χ0v) is 12.7. The van der Waals surface area contributed by atoms with E-state index in [-0.39, 0.29) is 4.88 Å². The van der Waals surface area contributed by atoms with E-state index in [0.29, 0.717) is 4.88 Å². The van der Waals surface area contributed by atoms with Gasteiger partial charge in [0.2, 0.25) is 0 Å². The Morgan fingerprint density at radius 2 is 1.83 bits per heavy atom. The third-order valence-corrected chi connectivity index (χ3v) is 4.19. The molecule has 1 heterocycles. The molecule has 122 valence electrons. The molecule has 0 radical (unpaired) electrons. The quantitative estimate of drug-likeness (QED) is 0.509. The number of para-hydroxylation sites is 1. The van der Waals surface area contributed by atoms with E-state index in [1.165, 1.54) is 17.6 Å². The zero-order chi connectivity index (χ0) is 17.0. The van der Waals surface area contributed by atoms with Crippen LogP contribution in [0.3, 0.4) is 0 Å². The van der Waals surface area contributed by atoms with E-state index in [1.807, 2.05) is 0 Å². The topological polar surface area (TPSA) is 90.5 Å². The Morgan fingerprint density at radius 3 is 2.43 bits per heavy atom. The van der Waals surface area contributed by atoms with Crippen LogP contribution in [0, 0.1) is 11.6 Å². The van der Waals surface area contributed by atoms with Gasteiger partial charge in [-0.25, -0.2) is 19.1 Å². The molecule has 2 aromatic rings. The van der Waals surface area contributed by atoms with Crippen molar-refractivity contribution in [1.29, 1.82) is 0 Å². The molecule has 0 saturated heterocycles. The molecule has 3 amide bonds. The van der Waals surface area contributed by atoms with E-state index < -0.39 is 35.3 Å². The first-order chi connectivity index (χ1) is 10.9. The molecule has 1 atom stereocenters. The Hall–Kier alpha value is -2.52. The van der Waals surface area contributed by atoms with E-state index >= 15 is 0 Å². The number of thiophene rings is 1. The second-order valence-corrected chi connectivity index (χ2v) is 5.68. The molecule has 0 fully saturated rings. The molecule has 23 heavy (non-hydrogen) atoms.